The summed E-state index contributed by atoms with van der Waals surface area (Å²) in [6, 6.07) is -0.764. The number of hydrogen-bond donors (Lipinski definition) is 3. The van der Waals surface area contributed by atoms with Gasteiger partial charge >= 0.3 is 7.82 Å². The summed E-state index contributed by atoms with van der Waals surface area (Å²) in [6.07, 6.45) is 87.1. The Labute approximate surface area is 504 Å². The minimum atomic E-state index is -4.33. The van der Waals surface area contributed by atoms with Crippen LogP contribution in [0.4, 0.5) is 0 Å². The lowest BCUT2D eigenvalue weighted by atomic mass is 10.0. The maximum Gasteiger partial charge on any atom is 0.472 e. The third kappa shape index (κ3) is 65.3. The Hall–Kier alpha value is -2.06. The highest BCUT2D eigenvalue weighted by atomic mass is 31.2. The molecule has 0 aromatic carbocycles. The number of quaternary nitrogens is 1. The molecule has 0 aromatic rings. The minimum Gasteiger partial charge on any atom is -0.391 e. The number of amides is 1. The van der Waals surface area contributed by atoms with Crippen molar-refractivity contribution in [1.82, 2.24) is 5.32 Å². The van der Waals surface area contributed by atoms with Gasteiger partial charge in [-0.05, 0) is 64.2 Å². The van der Waals surface area contributed by atoms with Gasteiger partial charge in [0.2, 0.25) is 5.91 Å². The molecular formula is C72H136N2O6P+. The quantitative estimate of drug-likeness (QED) is 0.0243. The second kappa shape index (κ2) is 62.5. The number of aliphatic hydroxyl groups excluding tert-OH is 1. The fourth-order valence-electron chi connectivity index (χ4n) is 10.3. The van der Waals surface area contributed by atoms with E-state index < -0.39 is 20.0 Å². The maximum absolute atomic E-state index is 13.1. The zero-order valence-corrected chi connectivity index (χ0v) is 55.2. The first-order valence-electron chi connectivity index (χ1n) is 34.8. The van der Waals surface area contributed by atoms with E-state index in [1.54, 1.807) is 0 Å². The Morgan fingerprint density at radius 2 is 0.741 bits per heavy atom. The summed E-state index contributed by atoms with van der Waals surface area (Å²) in [6.45, 7) is 4.82. The molecule has 3 N–H and O–H groups in total. The monoisotopic (exact) mass is 1160 g/mol. The van der Waals surface area contributed by atoms with E-state index in [0.29, 0.717) is 23.9 Å². The lowest BCUT2D eigenvalue weighted by Crippen LogP contribution is -2.46. The van der Waals surface area contributed by atoms with Gasteiger partial charge in [-0.15, -0.1) is 0 Å². The molecular weight excluding hydrogens is 1020 g/mol. The SMILES string of the molecule is CC/C=C\C/C=C\C/C=C\C/C=C\C/C=C\C/C=C\CCCCCCCCCCCCCCCCCCC(=O)NC(COP(=O)(O)OCC[N+](C)(C)C)C(O)CCCCCCCCCCCCCCCCCCCCCCCCCC. The van der Waals surface area contributed by atoms with Crippen LogP contribution in [-0.4, -0.2) is 73.4 Å². The van der Waals surface area contributed by atoms with Gasteiger partial charge in [-0.2, -0.15) is 0 Å². The van der Waals surface area contributed by atoms with Crippen LogP contribution in [0.25, 0.3) is 0 Å². The van der Waals surface area contributed by atoms with E-state index >= 15 is 0 Å². The van der Waals surface area contributed by atoms with Crippen molar-refractivity contribution in [3.63, 3.8) is 0 Å². The van der Waals surface area contributed by atoms with Crippen molar-refractivity contribution in [1.29, 1.82) is 0 Å². The number of carbonyl (C=O) groups is 1. The topological polar surface area (TPSA) is 105 Å². The molecule has 0 aromatic heterocycles. The number of nitrogens with zero attached hydrogens (tertiary/aromatic N) is 1. The Morgan fingerprint density at radius 3 is 1.09 bits per heavy atom. The molecule has 0 heterocycles. The van der Waals surface area contributed by atoms with Gasteiger partial charge in [0.25, 0.3) is 0 Å². The largest absolute Gasteiger partial charge is 0.472 e. The molecule has 0 saturated heterocycles. The van der Waals surface area contributed by atoms with E-state index in [1.807, 2.05) is 21.1 Å². The van der Waals surface area contributed by atoms with Gasteiger partial charge in [-0.1, -0.05) is 331 Å². The molecule has 0 saturated carbocycles. The Bertz CT molecular complexity index is 1550. The fraction of sp³-hybridized carbons (Fsp3) is 0.819. The predicted molar refractivity (Wildman–Crippen MR) is 355 cm³/mol. The Kier molecular flexibility index (Phi) is 60.9. The molecule has 9 heteroatoms. The van der Waals surface area contributed by atoms with Crippen molar-refractivity contribution in [2.24, 2.45) is 0 Å². The first-order chi connectivity index (χ1) is 39.5. The van der Waals surface area contributed by atoms with Gasteiger partial charge in [-0.25, -0.2) is 4.57 Å². The van der Waals surface area contributed by atoms with Gasteiger partial charge in [0.05, 0.1) is 39.9 Å². The Morgan fingerprint density at radius 1 is 0.432 bits per heavy atom. The highest BCUT2D eigenvalue weighted by Gasteiger charge is 2.28. The van der Waals surface area contributed by atoms with Crippen LogP contribution < -0.4 is 5.32 Å². The van der Waals surface area contributed by atoms with Crippen molar-refractivity contribution in [2.45, 2.75) is 341 Å². The molecule has 0 aliphatic rings. The van der Waals surface area contributed by atoms with Gasteiger partial charge in [0, 0.05) is 6.42 Å². The van der Waals surface area contributed by atoms with Gasteiger partial charge in [-0.3, -0.25) is 13.8 Å². The second-order valence-corrected chi connectivity index (χ2v) is 26.3. The highest BCUT2D eigenvalue weighted by molar-refractivity contribution is 7.47. The van der Waals surface area contributed by atoms with E-state index in [-0.39, 0.29) is 19.1 Å². The number of hydrogen-bond acceptors (Lipinski definition) is 5. The van der Waals surface area contributed by atoms with Crippen molar-refractivity contribution in [2.75, 3.05) is 40.9 Å². The molecule has 0 fully saturated rings. The number of allylic oxidation sites excluding steroid dienone is 12. The van der Waals surface area contributed by atoms with Crippen molar-refractivity contribution >= 4 is 13.7 Å². The number of aliphatic hydroxyl groups is 1. The van der Waals surface area contributed by atoms with Crippen LogP contribution >= 0.6 is 7.82 Å². The average Bonchev–Trinajstić information content (AvgIpc) is 3.43. The normalized spacial score (nSPS) is 14.1. The van der Waals surface area contributed by atoms with Crippen LogP contribution in [-0.2, 0) is 18.4 Å². The smallest absolute Gasteiger partial charge is 0.391 e. The summed E-state index contributed by atoms with van der Waals surface area (Å²) in [5.74, 6) is -0.141. The lowest BCUT2D eigenvalue weighted by Gasteiger charge is -2.26. The highest BCUT2D eigenvalue weighted by Crippen LogP contribution is 2.43. The molecule has 81 heavy (non-hydrogen) atoms. The van der Waals surface area contributed by atoms with E-state index in [0.717, 1.165) is 77.0 Å². The first-order valence-corrected chi connectivity index (χ1v) is 36.3. The third-order valence-corrected chi connectivity index (χ3v) is 16.7. The number of rotatable bonds is 64. The molecule has 0 bridgehead atoms. The van der Waals surface area contributed by atoms with Crippen LogP contribution in [0.15, 0.2) is 72.9 Å². The van der Waals surface area contributed by atoms with Crippen LogP contribution in [0.1, 0.15) is 328 Å². The molecule has 0 aliphatic heterocycles. The standard InChI is InChI=1S/C72H135N2O6P/c1-6-8-10-12-14-16-18-20-22-24-26-28-30-32-33-34-35-36-37-38-39-40-41-42-44-46-48-50-52-54-56-58-60-62-64-66-72(76)73-70(69-80-81(77,78)79-68-67-74(3,4)5)71(75)65-63-61-59-57-55-53-51-49-47-45-43-31-29-27-25-23-21-19-17-15-13-11-9-7-2/h8,10,14,16,20,22,26,28,32-33,35-36,70-71,75H,6-7,9,11-13,15,17-19,21,23-25,27,29-31,34,37-69H2,1-5H3,(H-,73,76,77,78)/p+1/b10-8-,16-14-,22-20-,28-26-,33-32-,36-35-. The first kappa shape index (κ1) is 78.9. The summed E-state index contributed by atoms with van der Waals surface area (Å²) in [4.78, 5) is 23.5. The number of phosphoric acid groups is 1. The second-order valence-electron chi connectivity index (χ2n) is 24.9. The third-order valence-electron chi connectivity index (χ3n) is 15.7. The van der Waals surface area contributed by atoms with Crippen molar-refractivity contribution in [3.8, 4) is 0 Å². The summed E-state index contributed by atoms with van der Waals surface area (Å²) in [5.41, 5.74) is 0. The molecule has 0 rings (SSSR count). The number of carbonyl (C=O) groups excluding carboxylic acids is 1. The van der Waals surface area contributed by atoms with E-state index in [1.165, 1.54) is 225 Å². The summed E-state index contributed by atoms with van der Waals surface area (Å²) in [5, 5.41) is 14.1. The van der Waals surface area contributed by atoms with Gasteiger partial charge in [0.15, 0.2) is 0 Å². The minimum absolute atomic E-state index is 0.0743. The van der Waals surface area contributed by atoms with Crippen LogP contribution in [0.5, 0.6) is 0 Å². The predicted octanol–water partition coefficient (Wildman–Crippen LogP) is 22.2. The van der Waals surface area contributed by atoms with Crippen LogP contribution in [0.3, 0.4) is 0 Å². The van der Waals surface area contributed by atoms with Crippen molar-refractivity contribution in [3.05, 3.63) is 72.9 Å². The molecule has 474 valence electrons. The zero-order valence-electron chi connectivity index (χ0n) is 54.3. The molecule has 1 amide bonds. The van der Waals surface area contributed by atoms with E-state index in [2.05, 4.69) is 92.1 Å². The number of likely N-dealkylation sites (N-methyl/N-ethyl adjacent to an activating group) is 1. The molecule has 0 spiro atoms. The number of unbranched alkanes of at least 4 members (excludes halogenated alkanes) is 39. The zero-order chi connectivity index (χ0) is 59.1. The molecule has 8 nitrogen and oxygen atoms in total. The summed E-state index contributed by atoms with van der Waals surface area (Å²) >= 11 is 0. The average molecular weight is 1160 g/mol. The summed E-state index contributed by atoms with van der Waals surface area (Å²) < 4.78 is 23.9. The van der Waals surface area contributed by atoms with Gasteiger partial charge in [0.1, 0.15) is 13.2 Å². The van der Waals surface area contributed by atoms with E-state index in [9.17, 15) is 19.4 Å². The fourth-order valence-corrected chi connectivity index (χ4v) is 11.1. The summed E-state index contributed by atoms with van der Waals surface area (Å²) in [7, 11) is 1.62. The van der Waals surface area contributed by atoms with Crippen LogP contribution in [0.2, 0.25) is 0 Å². The van der Waals surface area contributed by atoms with Crippen LogP contribution in [0, 0.1) is 0 Å². The number of phosphoric ester groups is 1. The lowest BCUT2D eigenvalue weighted by molar-refractivity contribution is -0.870. The molecule has 0 radical (unpaired) electrons. The molecule has 0 aliphatic carbocycles. The molecule has 3 unspecified atom stereocenters. The van der Waals surface area contributed by atoms with Gasteiger partial charge < -0.3 is 19.8 Å². The van der Waals surface area contributed by atoms with Crippen molar-refractivity contribution < 1.29 is 32.9 Å². The number of nitrogens with one attached hydrogen (secondary N) is 1. The van der Waals surface area contributed by atoms with E-state index in [4.69, 9.17) is 9.05 Å². The molecule has 3 atom stereocenters. The Balaban J connectivity index is 4.02. The maximum atomic E-state index is 13.1.